The average molecular weight is 275 g/mol. The van der Waals surface area contributed by atoms with E-state index in [9.17, 15) is 14.7 Å². The molecule has 0 aromatic heterocycles. The molecule has 2 N–H and O–H groups in total. The molecule has 0 aromatic rings. The van der Waals surface area contributed by atoms with Crippen LogP contribution in [0.5, 0.6) is 0 Å². The van der Waals surface area contributed by atoms with Crippen molar-refractivity contribution in [2.24, 2.45) is 0 Å². The van der Waals surface area contributed by atoms with E-state index in [0.717, 1.165) is 0 Å². The highest BCUT2D eigenvalue weighted by Gasteiger charge is 2.39. The molecule has 0 aliphatic rings. The van der Waals surface area contributed by atoms with Crippen molar-refractivity contribution in [1.29, 1.82) is 0 Å². The fraction of sp³-hybridized carbons (Fsp3) is 0.846. The van der Waals surface area contributed by atoms with Crippen LogP contribution in [0.2, 0.25) is 0 Å². The first-order chi connectivity index (χ1) is 8.29. The highest BCUT2D eigenvalue weighted by Crippen LogP contribution is 2.15. The van der Waals surface area contributed by atoms with E-state index in [1.807, 2.05) is 0 Å². The first kappa shape index (κ1) is 17.7. The van der Waals surface area contributed by atoms with Crippen molar-refractivity contribution in [3.63, 3.8) is 0 Å². The minimum Gasteiger partial charge on any atom is -0.458 e. The van der Waals surface area contributed by atoms with Crippen LogP contribution in [0.25, 0.3) is 0 Å². The van der Waals surface area contributed by atoms with E-state index in [1.165, 1.54) is 6.92 Å². The molecule has 0 bridgehead atoms. The number of esters is 1. The topological polar surface area (TPSA) is 84.9 Å². The van der Waals surface area contributed by atoms with E-state index in [-0.39, 0.29) is 0 Å². The van der Waals surface area contributed by atoms with Gasteiger partial charge in [-0.05, 0) is 48.5 Å². The third-order valence-corrected chi connectivity index (χ3v) is 1.94. The molecule has 0 fully saturated rings. The first-order valence-corrected chi connectivity index (χ1v) is 6.14. The van der Waals surface area contributed by atoms with E-state index in [2.05, 4.69) is 5.32 Å². The molecule has 0 saturated carbocycles. The normalized spacial score (nSPS) is 15.4. The summed E-state index contributed by atoms with van der Waals surface area (Å²) in [7, 11) is 0. The monoisotopic (exact) mass is 275 g/mol. The molecule has 19 heavy (non-hydrogen) atoms. The molecule has 1 atom stereocenters. The molecular weight excluding hydrogens is 250 g/mol. The summed E-state index contributed by atoms with van der Waals surface area (Å²) in [6, 6.07) is 0. The first-order valence-electron chi connectivity index (χ1n) is 6.14. The molecule has 0 aliphatic carbocycles. The number of hydrogen-bond donors (Lipinski definition) is 2. The standard InChI is InChI=1S/C13H25NO5/c1-11(2,3)18-9(16)13(7,8-15)14-10(17)19-12(4,5)6/h15H,8H2,1-7H3,(H,14,17)/t13-/m1/s1. The maximum Gasteiger partial charge on any atom is 0.408 e. The number of rotatable bonds is 3. The maximum absolute atomic E-state index is 12.0. The van der Waals surface area contributed by atoms with E-state index in [0.29, 0.717) is 0 Å². The number of carbonyl (C=O) groups is 2. The number of nitrogens with one attached hydrogen (secondary N) is 1. The fourth-order valence-electron chi connectivity index (χ4n) is 1.07. The average Bonchev–Trinajstić information content (AvgIpc) is 2.11. The second-order valence-corrected chi connectivity index (χ2v) is 6.62. The van der Waals surface area contributed by atoms with Gasteiger partial charge in [-0.1, -0.05) is 0 Å². The molecule has 0 radical (unpaired) electrons. The van der Waals surface area contributed by atoms with Crippen molar-refractivity contribution in [1.82, 2.24) is 5.32 Å². The third-order valence-electron chi connectivity index (χ3n) is 1.94. The summed E-state index contributed by atoms with van der Waals surface area (Å²) in [5.74, 6) is -0.714. The Labute approximate surface area is 114 Å². The van der Waals surface area contributed by atoms with Crippen LogP contribution in [0.1, 0.15) is 48.5 Å². The van der Waals surface area contributed by atoms with E-state index < -0.39 is 35.4 Å². The summed E-state index contributed by atoms with van der Waals surface area (Å²) in [4.78, 5) is 23.6. The van der Waals surface area contributed by atoms with Crippen molar-refractivity contribution in [3.05, 3.63) is 0 Å². The Bertz CT molecular complexity index is 340. The van der Waals surface area contributed by atoms with Gasteiger partial charge in [0.25, 0.3) is 0 Å². The van der Waals surface area contributed by atoms with Crippen LogP contribution in [0, 0.1) is 0 Å². The van der Waals surface area contributed by atoms with Gasteiger partial charge in [0.05, 0.1) is 6.61 Å². The largest absolute Gasteiger partial charge is 0.458 e. The SMILES string of the molecule is CC(C)(C)OC(=O)N[C@](C)(CO)C(=O)OC(C)(C)C. The number of alkyl carbamates (subject to hydrolysis) is 1. The van der Waals surface area contributed by atoms with Crippen molar-refractivity contribution < 1.29 is 24.2 Å². The molecule has 0 unspecified atom stereocenters. The van der Waals surface area contributed by atoms with Crippen LogP contribution < -0.4 is 5.32 Å². The maximum atomic E-state index is 12.0. The summed E-state index contributed by atoms with van der Waals surface area (Å²) >= 11 is 0. The molecule has 6 heteroatoms. The minimum atomic E-state index is -1.53. The second kappa shape index (κ2) is 5.77. The summed E-state index contributed by atoms with van der Waals surface area (Å²) < 4.78 is 10.2. The molecule has 112 valence electrons. The number of aliphatic hydroxyl groups is 1. The predicted octanol–water partition coefficient (Wildman–Crippen LogP) is 1.60. The van der Waals surface area contributed by atoms with Crippen molar-refractivity contribution >= 4 is 12.1 Å². The number of ether oxygens (including phenoxy) is 2. The van der Waals surface area contributed by atoms with Crippen LogP contribution in [0.3, 0.4) is 0 Å². The quantitative estimate of drug-likeness (QED) is 0.764. The zero-order valence-electron chi connectivity index (χ0n) is 12.8. The van der Waals surface area contributed by atoms with Gasteiger partial charge in [0.1, 0.15) is 11.2 Å². The zero-order valence-corrected chi connectivity index (χ0v) is 12.8. The third kappa shape index (κ3) is 7.00. The van der Waals surface area contributed by atoms with Crippen molar-refractivity contribution in [3.8, 4) is 0 Å². The van der Waals surface area contributed by atoms with Gasteiger partial charge in [0, 0.05) is 0 Å². The molecule has 0 rings (SSSR count). The molecule has 1 amide bonds. The van der Waals surface area contributed by atoms with Gasteiger partial charge in [-0.15, -0.1) is 0 Å². The number of carbonyl (C=O) groups excluding carboxylic acids is 2. The highest BCUT2D eigenvalue weighted by atomic mass is 16.6. The van der Waals surface area contributed by atoms with E-state index >= 15 is 0 Å². The van der Waals surface area contributed by atoms with Crippen LogP contribution in [0.4, 0.5) is 4.79 Å². The minimum absolute atomic E-state index is 0.582. The zero-order chi connectivity index (χ0) is 15.5. The van der Waals surface area contributed by atoms with Gasteiger partial charge >= 0.3 is 12.1 Å². The van der Waals surface area contributed by atoms with Crippen LogP contribution in [-0.2, 0) is 14.3 Å². The van der Waals surface area contributed by atoms with Crippen LogP contribution in [0.15, 0.2) is 0 Å². The van der Waals surface area contributed by atoms with Gasteiger partial charge in [-0.3, -0.25) is 0 Å². The lowest BCUT2D eigenvalue weighted by Crippen LogP contribution is -2.57. The molecule has 0 aromatic carbocycles. The van der Waals surface area contributed by atoms with E-state index in [4.69, 9.17) is 9.47 Å². The Morgan fingerprint density at radius 1 is 0.947 bits per heavy atom. The Morgan fingerprint density at radius 3 is 1.68 bits per heavy atom. The summed E-state index contributed by atoms with van der Waals surface area (Å²) in [6.07, 6.45) is -0.782. The number of aliphatic hydroxyl groups excluding tert-OH is 1. The highest BCUT2D eigenvalue weighted by molar-refractivity contribution is 5.85. The van der Waals surface area contributed by atoms with Gasteiger partial charge in [-0.2, -0.15) is 0 Å². The summed E-state index contributed by atoms with van der Waals surface area (Å²) in [5, 5.41) is 11.7. The lowest BCUT2D eigenvalue weighted by molar-refractivity contribution is -0.164. The van der Waals surface area contributed by atoms with Gasteiger partial charge < -0.3 is 19.9 Å². The summed E-state index contributed by atoms with van der Waals surface area (Å²) in [5.41, 5.74) is -2.92. The Morgan fingerprint density at radius 2 is 1.37 bits per heavy atom. The van der Waals surface area contributed by atoms with Crippen LogP contribution >= 0.6 is 0 Å². The van der Waals surface area contributed by atoms with Crippen LogP contribution in [-0.4, -0.2) is 40.5 Å². The van der Waals surface area contributed by atoms with Crippen molar-refractivity contribution in [2.75, 3.05) is 6.61 Å². The second-order valence-electron chi connectivity index (χ2n) is 6.62. The van der Waals surface area contributed by atoms with E-state index in [1.54, 1.807) is 41.5 Å². The predicted molar refractivity (Wildman–Crippen MR) is 70.7 cm³/mol. The Hall–Kier alpha value is -1.30. The molecule has 6 nitrogen and oxygen atoms in total. The number of hydrogen-bond acceptors (Lipinski definition) is 5. The lowest BCUT2D eigenvalue weighted by Gasteiger charge is -2.31. The fourth-order valence-corrected chi connectivity index (χ4v) is 1.07. The molecule has 0 aliphatic heterocycles. The Balaban J connectivity index is 4.79. The molecule has 0 saturated heterocycles. The van der Waals surface area contributed by atoms with Crippen molar-refractivity contribution in [2.45, 2.75) is 65.2 Å². The Kier molecular flexibility index (Phi) is 5.38. The molecular formula is C13H25NO5. The number of amides is 1. The summed E-state index contributed by atoms with van der Waals surface area (Å²) in [6.45, 7) is 11.0. The van der Waals surface area contributed by atoms with Gasteiger partial charge in [0.15, 0.2) is 5.54 Å². The lowest BCUT2D eigenvalue weighted by atomic mass is 10.0. The van der Waals surface area contributed by atoms with Gasteiger partial charge in [-0.25, -0.2) is 9.59 Å². The van der Waals surface area contributed by atoms with Gasteiger partial charge in [0.2, 0.25) is 0 Å². The molecule has 0 heterocycles. The smallest absolute Gasteiger partial charge is 0.408 e. The molecule has 0 spiro atoms.